The molecule has 1 fully saturated rings. The van der Waals surface area contributed by atoms with Crippen molar-refractivity contribution in [3.63, 3.8) is 0 Å². The Morgan fingerprint density at radius 2 is 2.05 bits per heavy atom. The van der Waals surface area contributed by atoms with E-state index in [4.69, 9.17) is 4.74 Å². The molecular formula is C14H22F2N4O. The number of nitrogens with one attached hydrogen (secondary N) is 2. The van der Waals surface area contributed by atoms with Gasteiger partial charge in [-0.3, -0.25) is 0 Å². The highest BCUT2D eigenvalue weighted by atomic mass is 19.1. The van der Waals surface area contributed by atoms with E-state index in [1.54, 1.807) is 0 Å². The summed E-state index contributed by atoms with van der Waals surface area (Å²) in [6, 6.07) is 0.848. The number of anilines is 2. The topological polar surface area (TPSA) is 49.4 Å². The van der Waals surface area contributed by atoms with Gasteiger partial charge in [0.2, 0.25) is 0 Å². The number of rotatable bonds is 6. The number of halogens is 2. The number of ether oxygens (including phenoxy) is 1. The zero-order valence-corrected chi connectivity index (χ0v) is 12.5. The fourth-order valence-electron chi connectivity index (χ4n) is 2.16. The van der Waals surface area contributed by atoms with E-state index in [1.165, 1.54) is 0 Å². The van der Waals surface area contributed by atoms with Gasteiger partial charge in [0, 0.05) is 32.2 Å². The average molecular weight is 300 g/mol. The highest BCUT2D eigenvalue weighted by molar-refractivity contribution is 5.47. The van der Waals surface area contributed by atoms with Crippen LogP contribution >= 0.6 is 0 Å². The van der Waals surface area contributed by atoms with Gasteiger partial charge in [-0.2, -0.15) is 0 Å². The summed E-state index contributed by atoms with van der Waals surface area (Å²) in [5.74, 6) is -1.26. The lowest BCUT2D eigenvalue weighted by Crippen LogP contribution is -2.43. The van der Waals surface area contributed by atoms with Gasteiger partial charge in [-0.05, 0) is 13.5 Å². The van der Waals surface area contributed by atoms with Gasteiger partial charge in [0.1, 0.15) is 0 Å². The highest BCUT2D eigenvalue weighted by Crippen LogP contribution is 2.19. The molecule has 0 radical (unpaired) electrons. The zero-order valence-electron chi connectivity index (χ0n) is 12.5. The molecule has 7 heteroatoms. The molecule has 5 nitrogen and oxygen atoms in total. The maximum Gasteiger partial charge on any atom is 0.168 e. The molecular weight excluding hydrogens is 278 g/mol. The molecule has 0 spiro atoms. The minimum atomic E-state index is -0.696. The number of hydrogen-bond acceptors (Lipinski definition) is 5. The number of hydrogen-bond donors (Lipinski definition) is 2. The molecule has 118 valence electrons. The van der Waals surface area contributed by atoms with Crippen molar-refractivity contribution in [1.29, 1.82) is 0 Å². The minimum Gasteiger partial charge on any atom is -0.374 e. The van der Waals surface area contributed by atoms with E-state index in [2.05, 4.69) is 20.5 Å². The van der Waals surface area contributed by atoms with Crippen molar-refractivity contribution in [2.24, 2.45) is 0 Å². The van der Waals surface area contributed by atoms with Crippen molar-refractivity contribution in [2.45, 2.75) is 19.4 Å². The van der Waals surface area contributed by atoms with Gasteiger partial charge >= 0.3 is 0 Å². The Bertz CT molecular complexity index is 473. The number of likely N-dealkylation sites (N-methyl/N-ethyl adjacent to an activating group) is 1. The fraction of sp³-hybridized carbons (Fsp3) is 0.643. The molecule has 2 rings (SSSR count). The third kappa shape index (κ3) is 4.50. The predicted octanol–water partition coefficient (Wildman–Crippen LogP) is 1.92. The summed E-state index contributed by atoms with van der Waals surface area (Å²) in [6.45, 7) is 5.32. The molecule has 1 unspecified atom stereocenters. The lowest BCUT2D eigenvalue weighted by molar-refractivity contribution is -0.0117. The third-order valence-electron chi connectivity index (χ3n) is 3.31. The van der Waals surface area contributed by atoms with Gasteiger partial charge in [-0.15, -0.1) is 0 Å². The van der Waals surface area contributed by atoms with Crippen molar-refractivity contribution >= 4 is 11.6 Å². The van der Waals surface area contributed by atoms with Crippen LogP contribution in [-0.2, 0) is 4.74 Å². The number of morpholine rings is 1. The molecule has 2 N–H and O–H groups in total. The van der Waals surface area contributed by atoms with Crippen LogP contribution < -0.4 is 10.6 Å². The van der Waals surface area contributed by atoms with Gasteiger partial charge in [-0.1, -0.05) is 6.92 Å². The highest BCUT2D eigenvalue weighted by Gasteiger charge is 2.19. The molecule has 0 bridgehead atoms. The fourth-order valence-corrected chi connectivity index (χ4v) is 2.16. The first-order valence-corrected chi connectivity index (χ1v) is 7.24. The summed E-state index contributed by atoms with van der Waals surface area (Å²) >= 11 is 0. The standard InChI is InChI=1S/C14H22F2N4O/c1-3-4-17-13-11(15)7-12(16)14(19-13)18-8-10-9-20(2)5-6-21-10/h7,10H,3-6,8-9H2,1-2H3,(H2,17,18,19). The first-order chi connectivity index (χ1) is 10.1. The zero-order chi connectivity index (χ0) is 15.2. The monoisotopic (exact) mass is 300 g/mol. The third-order valence-corrected chi connectivity index (χ3v) is 3.31. The predicted molar refractivity (Wildman–Crippen MR) is 78.7 cm³/mol. The second kappa shape index (κ2) is 7.51. The van der Waals surface area contributed by atoms with E-state index in [9.17, 15) is 8.78 Å². The Labute approximate surface area is 123 Å². The Hall–Kier alpha value is -1.47. The van der Waals surface area contributed by atoms with Crippen LogP contribution in [0.1, 0.15) is 13.3 Å². The molecule has 1 aliphatic heterocycles. The van der Waals surface area contributed by atoms with E-state index in [0.29, 0.717) is 19.7 Å². The molecule has 0 aliphatic carbocycles. The van der Waals surface area contributed by atoms with E-state index in [0.717, 1.165) is 25.6 Å². The Morgan fingerprint density at radius 1 is 1.33 bits per heavy atom. The van der Waals surface area contributed by atoms with Crippen LogP contribution in [0.3, 0.4) is 0 Å². The van der Waals surface area contributed by atoms with Gasteiger partial charge in [-0.25, -0.2) is 13.8 Å². The summed E-state index contributed by atoms with van der Waals surface area (Å²) in [7, 11) is 2.01. The van der Waals surface area contributed by atoms with Crippen molar-refractivity contribution in [3.05, 3.63) is 17.7 Å². The van der Waals surface area contributed by atoms with Crippen molar-refractivity contribution in [1.82, 2.24) is 9.88 Å². The molecule has 0 amide bonds. The average Bonchev–Trinajstić information content (AvgIpc) is 2.45. The maximum absolute atomic E-state index is 13.7. The largest absolute Gasteiger partial charge is 0.374 e. The van der Waals surface area contributed by atoms with Crippen LogP contribution in [-0.4, -0.2) is 55.8 Å². The quantitative estimate of drug-likeness (QED) is 0.840. The summed E-state index contributed by atoms with van der Waals surface area (Å²) in [4.78, 5) is 6.12. The number of aromatic nitrogens is 1. The Morgan fingerprint density at radius 3 is 2.71 bits per heavy atom. The molecule has 1 atom stereocenters. The van der Waals surface area contributed by atoms with Crippen molar-refractivity contribution in [2.75, 3.05) is 50.5 Å². The van der Waals surface area contributed by atoms with Crippen LogP contribution in [0.4, 0.5) is 20.4 Å². The normalized spacial score (nSPS) is 19.5. The van der Waals surface area contributed by atoms with Gasteiger partial charge in [0.15, 0.2) is 23.3 Å². The van der Waals surface area contributed by atoms with Crippen molar-refractivity contribution < 1.29 is 13.5 Å². The first kappa shape index (κ1) is 15.9. The smallest absolute Gasteiger partial charge is 0.168 e. The maximum atomic E-state index is 13.7. The summed E-state index contributed by atoms with van der Waals surface area (Å²) in [5.41, 5.74) is 0. The van der Waals surface area contributed by atoms with E-state index in [-0.39, 0.29) is 17.7 Å². The second-order valence-electron chi connectivity index (χ2n) is 5.21. The first-order valence-electron chi connectivity index (χ1n) is 7.24. The molecule has 21 heavy (non-hydrogen) atoms. The SMILES string of the molecule is CCCNc1nc(NCC2CN(C)CCO2)c(F)cc1F. The summed E-state index contributed by atoms with van der Waals surface area (Å²) < 4.78 is 32.9. The van der Waals surface area contributed by atoms with E-state index < -0.39 is 11.6 Å². The molecule has 1 saturated heterocycles. The minimum absolute atomic E-state index is 0.0259. The molecule has 1 aliphatic rings. The molecule has 0 saturated carbocycles. The van der Waals surface area contributed by atoms with Crippen molar-refractivity contribution in [3.8, 4) is 0 Å². The van der Waals surface area contributed by atoms with E-state index >= 15 is 0 Å². The van der Waals surface area contributed by atoms with Crippen LogP contribution in [0.25, 0.3) is 0 Å². The van der Waals surface area contributed by atoms with Crippen LogP contribution in [0.2, 0.25) is 0 Å². The molecule has 1 aromatic rings. The number of pyridine rings is 1. The second-order valence-corrected chi connectivity index (χ2v) is 5.21. The molecule has 1 aromatic heterocycles. The molecule has 2 heterocycles. The van der Waals surface area contributed by atoms with Gasteiger partial charge < -0.3 is 20.3 Å². The van der Waals surface area contributed by atoms with Crippen LogP contribution in [0, 0.1) is 11.6 Å². The lowest BCUT2D eigenvalue weighted by Gasteiger charge is -2.30. The Kier molecular flexibility index (Phi) is 5.69. The van der Waals surface area contributed by atoms with Gasteiger partial charge in [0.05, 0.1) is 12.7 Å². The summed E-state index contributed by atoms with van der Waals surface area (Å²) in [6.07, 6.45) is 0.811. The lowest BCUT2D eigenvalue weighted by atomic mass is 10.3. The van der Waals surface area contributed by atoms with Crippen LogP contribution in [0.15, 0.2) is 6.07 Å². The number of nitrogens with zero attached hydrogens (tertiary/aromatic N) is 2. The van der Waals surface area contributed by atoms with Gasteiger partial charge in [0.25, 0.3) is 0 Å². The Balaban J connectivity index is 1.98. The van der Waals surface area contributed by atoms with E-state index in [1.807, 2.05) is 14.0 Å². The summed E-state index contributed by atoms with van der Waals surface area (Å²) in [5, 5.41) is 5.75. The molecule has 0 aromatic carbocycles. The van der Waals surface area contributed by atoms with Crippen LogP contribution in [0.5, 0.6) is 0 Å².